The number of piperidine rings is 1. The van der Waals surface area contributed by atoms with Gasteiger partial charge in [0.2, 0.25) is 0 Å². The summed E-state index contributed by atoms with van der Waals surface area (Å²) in [6, 6.07) is 11.9. The molecule has 1 saturated heterocycles. The first-order chi connectivity index (χ1) is 11.2. The normalized spacial score (nSPS) is 18.0. The van der Waals surface area contributed by atoms with Crippen molar-refractivity contribution in [2.75, 3.05) is 19.7 Å². The molecular weight excluding hydrogens is 310 g/mol. The van der Waals surface area contributed by atoms with Crippen molar-refractivity contribution in [3.63, 3.8) is 0 Å². The fourth-order valence-corrected chi connectivity index (χ4v) is 3.89. The number of amides is 1. The number of nitrogens with zero attached hydrogens (tertiary/aromatic N) is 1. The maximum absolute atomic E-state index is 12.8. The molecule has 0 radical (unpaired) electrons. The van der Waals surface area contributed by atoms with Gasteiger partial charge in [-0.1, -0.05) is 30.3 Å². The van der Waals surface area contributed by atoms with Crippen LogP contribution in [0.2, 0.25) is 0 Å². The predicted molar refractivity (Wildman–Crippen MR) is 92.1 cm³/mol. The van der Waals surface area contributed by atoms with Gasteiger partial charge in [0.1, 0.15) is 10.6 Å². The Morgan fingerprint density at radius 2 is 2.17 bits per heavy atom. The van der Waals surface area contributed by atoms with Gasteiger partial charge in [-0.25, -0.2) is 0 Å². The summed E-state index contributed by atoms with van der Waals surface area (Å²) >= 11 is 1.46. The fraction of sp³-hybridized carbons (Fsp3) is 0.389. The SMILES string of the molecule is CCOc1cc(-c2ccccc2)sc1C(=O)N1CCCC(O)C1. The molecule has 122 valence electrons. The highest BCUT2D eigenvalue weighted by molar-refractivity contribution is 7.17. The summed E-state index contributed by atoms with van der Waals surface area (Å²) in [6.07, 6.45) is 1.19. The summed E-state index contributed by atoms with van der Waals surface area (Å²) in [5.74, 6) is 0.598. The average Bonchev–Trinajstić information content (AvgIpc) is 2.99. The molecule has 0 bridgehead atoms. The van der Waals surface area contributed by atoms with Crippen LogP contribution >= 0.6 is 11.3 Å². The molecule has 1 aromatic heterocycles. The summed E-state index contributed by atoms with van der Waals surface area (Å²) in [6.45, 7) is 3.54. The number of β-amino-alcohol motifs (C(OH)–C–C–N with tert-alkyl or cyclic N) is 1. The van der Waals surface area contributed by atoms with Gasteiger partial charge in [0.25, 0.3) is 5.91 Å². The topological polar surface area (TPSA) is 49.8 Å². The first-order valence-corrected chi connectivity index (χ1v) is 8.80. The quantitative estimate of drug-likeness (QED) is 0.934. The minimum atomic E-state index is -0.420. The van der Waals surface area contributed by atoms with Gasteiger partial charge in [-0.2, -0.15) is 0 Å². The van der Waals surface area contributed by atoms with Gasteiger partial charge >= 0.3 is 0 Å². The van der Waals surface area contributed by atoms with Crippen LogP contribution in [0.5, 0.6) is 5.75 Å². The fourth-order valence-electron chi connectivity index (χ4n) is 2.81. The number of aliphatic hydroxyl groups is 1. The maximum Gasteiger partial charge on any atom is 0.267 e. The lowest BCUT2D eigenvalue weighted by Gasteiger charge is -2.29. The van der Waals surface area contributed by atoms with Crippen LogP contribution in [0.3, 0.4) is 0 Å². The lowest BCUT2D eigenvalue weighted by atomic mass is 10.1. The number of aliphatic hydroxyl groups excluding tert-OH is 1. The molecule has 5 heteroatoms. The van der Waals surface area contributed by atoms with E-state index in [2.05, 4.69) is 0 Å². The number of carbonyl (C=O) groups is 1. The van der Waals surface area contributed by atoms with E-state index in [0.29, 0.717) is 30.3 Å². The molecule has 1 aromatic carbocycles. The third-order valence-corrected chi connectivity index (χ3v) is 5.09. The first kappa shape index (κ1) is 16.0. The van der Waals surface area contributed by atoms with Gasteiger partial charge in [-0.15, -0.1) is 11.3 Å². The summed E-state index contributed by atoms with van der Waals surface area (Å²) in [7, 11) is 0. The van der Waals surface area contributed by atoms with Crippen LogP contribution in [-0.2, 0) is 0 Å². The van der Waals surface area contributed by atoms with Gasteiger partial charge in [0, 0.05) is 18.0 Å². The molecule has 4 nitrogen and oxygen atoms in total. The Balaban J connectivity index is 1.90. The van der Waals surface area contributed by atoms with Crippen molar-refractivity contribution in [1.82, 2.24) is 4.90 Å². The number of hydrogen-bond donors (Lipinski definition) is 1. The Kier molecular flexibility index (Phi) is 4.98. The third-order valence-electron chi connectivity index (χ3n) is 3.93. The van der Waals surface area contributed by atoms with E-state index in [-0.39, 0.29) is 5.91 Å². The van der Waals surface area contributed by atoms with Crippen molar-refractivity contribution in [1.29, 1.82) is 0 Å². The number of hydrogen-bond acceptors (Lipinski definition) is 4. The maximum atomic E-state index is 12.8. The molecule has 2 heterocycles. The molecule has 1 amide bonds. The molecule has 1 aliphatic rings. The lowest BCUT2D eigenvalue weighted by Crippen LogP contribution is -2.42. The van der Waals surface area contributed by atoms with Crippen LogP contribution in [0.15, 0.2) is 36.4 Å². The number of ether oxygens (including phenoxy) is 1. The van der Waals surface area contributed by atoms with E-state index in [1.165, 1.54) is 11.3 Å². The number of likely N-dealkylation sites (tertiary alicyclic amines) is 1. The van der Waals surface area contributed by atoms with Crippen LogP contribution in [0.4, 0.5) is 0 Å². The molecule has 1 atom stereocenters. The predicted octanol–water partition coefficient (Wildman–Crippen LogP) is 3.41. The molecule has 0 spiro atoms. The molecule has 1 fully saturated rings. The van der Waals surface area contributed by atoms with Crippen molar-refractivity contribution in [2.45, 2.75) is 25.9 Å². The zero-order chi connectivity index (χ0) is 16.2. The van der Waals surface area contributed by atoms with Crippen LogP contribution in [0.1, 0.15) is 29.4 Å². The molecule has 23 heavy (non-hydrogen) atoms. The van der Waals surface area contributed by atoms with Gasteiger partial charge in [-0.05, 0) is 31.4 Å². The Bertz CT molecular complexity index is 668. The second kappa shape index (κ2) is 7.15. The number of carbonyl (C=O) groups excluding carboxylic acids is 1. The second-order valence-electron chi connectivity index (χ2n) is 5.65. The van der Waals surface area contributed by atoms with Crippen molar-refractivity contribution in [3.05, 3.63) is 41.3 Å². The summed E-state index contributed by atoms with van der Waals surface area (Å²) in [5.41, 5.74) is 1.08. The van der Waals surface area contributed by atoms with Gasteiger partial charge in [-0.3, -0.25) is 4.79 Å². The largest absolute Gasteiger partial charge is 0.492 e. The van der Waals surface area contributed by atoms with Gasteiger partial charge < -0.3 is 14.7 Å². The standard InChI is InChI=1S/C18H21NO3S/c1-2-22-15-11-16(13-7-4-3-5-8-13)23-17(15)18(21)19-10-6-9-14(20)12-19/h3-5,7-8,11,14,20H,2,6,9-10,12H2,1H3. The third kappa shape index (κ3) is 3.57. The number of thiophene rings is 1. The highest BCUT2D eigenvalue weighted by atomic mass is 32.1. The van der Waals surface area contributed by atoms with E-state index >= 15 is 0 Å². The monoisotopic (exact) mass is 331 g/mol. The van der Waals surface area contributed by atoms with Crippen molar-refractivity contribution in [2.24, 2.45) is 0 Å². The smallest absolute Gasteiger partial charge is 0.267 e. The molecular formula is C18H21NO3S. The zero-order valence-electron chi connectivity index (χ0n) is 13.2. The van der Waals surface area contributed by atoms with E-state index in [9.17, 15) is 9.90 Å². The van der Waals surface area contributed by atoms with Crippen LogP contribution in [0, 0.1) is 0 Å². The highest BCUT2D eigenvalue weighted by Gasteiger charge is 2.27. The minimum absolute atomic E-state index is 0.0422. The van der Waals surface area contributed by atoms with Gasteiger partial charge in [0.15, 0.2) is 0 Å². The van der Waals surface area contributed by atoms with E-state index in [0.717, 1.165) is 23.3 Å². The molecule has 2 aromatic rings. The second-order valence-corrected chi connectivity index (χ2v) is 6.70. The number of benzene rings is 1. The van der Waals surface area contributed by atoms with E-state index in [4.69, 9.17) is 4.74 Å². The molecule has 1 N–H and O–H groups in total. The molecule has 3 rings (SSSR count). The Labute approximate surface area is 140 Å². The lowest BCUT2D eigenvalue weighted by molar-refractivity contribution is 0.0475. The molecule has 0 saturated carbocycles. The van der Waals surface area contributed by atoms with Crippen LogP contribution in [0.25, 0.3) is 10.4 Å². The van der Waals surface area contributed by atoms with Crippen molar-refractivity contribution >= 4 is 17.2 Å². The minimum Gasteiger partial charge on any atom is -0.492 e. The summed E-state index contributed by atoms with van der Waals surface area (Å²) in [4.78, 5) is 16.2. The molecule has 0 aliphatic carbocycles. The summed E-state index contributed by atoms with van der Waals surface area (Å²) in [5, 5.41) is 9.81. The molecule has 1 unspecified atom stereocenters. The van der Waals surface area contributed by atoms with Crippen molar-refractivity contribution < 1.29 is 14.6 Å². The summed E-state index contributed by atoms with van der Waals surface area (Å²) < 4.78 is 5.68. The number of rotatable bonds is 4. The van der Waals surface area contributed by atoms with Crippen LogP contribution < -0.4 is 4.74 Å². The first-order valence-electron chi connectivity index (χ1n) is 7.98. The zero-order valence-corrected chi connectivity index (χ0v) is 14.0. The van der Waals surface area contributed by atoms with Crippen LogP contribution in [-0.4, -0.2) is 41.7 Å². The molecule has 1 aliphatic heterocycles. The van der Waals surface area contributed by atoms with E-state index in [1.54, 1.807) is 4.90 Å². The van der Waals surface area contributed by atoms with Crippen molar-refractivity contribution in [3.8, 4) is 16.2 Å². The van der Waals surface area contributed by atoms with E-state index < -0.39 is 6.10 Å². The average molecular weight is 331 g/mol. The Morgan fingerprint density at radius 3 is 2.87 bits per heavy atom. The Hall–Kier alpha value is -1.85. The highest BCUT2D eigenvalue weighted by Crippen LogP contribution is 2.37. The Morgan fingerprint density at radius 1 is 1.39 bits per heavy atom. The van der Waals surface area contributed by atoms with E-state index in [1.807, 2.05) is 43.3 Å². The van der Waals surface area contributed by atoms with Gasteiger partial charge in [0.05, 0.1) is 12.7 Å².